The Balaban J connectivity index is 1.57. The molecule has 0 saturated carbocycles. The number of fused-ring (bicyclic) bond motifs is 1. The molecule has 2 aromatic heterocycles. The monoisotopic (exact) mass is 397 g/mol. The topological polar surface area (TPSA) is 98.1 Å². The van der Waals surface area contributed by atoms with Crippen LogP contribution in [0.2, 0.25) is 0 Å². The first-order valence-corrected chi connectivity index (χ1v) is 9.64. The molecule has 3 heterocycles. The molecule has 0 spiro atoms. The second-order valence-corrected chi connectivity index (χ2v) is 7.38. The van der Waals surface area contributed by atoms with E-state index in [1.165, 1.54) is 16.0 Å². The SMILES string of the molecule is COc1cccc(-c2cc(C(=O)Nc3nc4c(s3)C(=O)NCCC4)n(C)n2)c1. The number of anilines is 1. The van der Waals surface area contributed by atoms with Crippen molar-refractivity contribution in [3.63, 3.8) is 0 Å². The highest BCUT2D eigenvalue weighted by molar-refractivity contribution is 7.17. The lowest BCUT2D eigenvalue weighted by Crippen LogP contribution is -2.21. The Hall–Kier alpha value is -3.20. The molecule has 2 amide bonds. The summed E-state index contributed by atoms with van der Waals surface area (Å²) < 4.78 is 6.77. The van der Waals surface area contributed by atoms with Gasteiger partial charge in [-0.3, -0.25) is 19.6 Å². The summed E-state index contributed by atoms with van der Waals surface area (Å²) in [5.74, 6) is 0.261. The van der Waals surface area contributed by atoms with Crippen LogP contribution < -0.4 is 15.4 Å². The average molecular weight is 397 g/mol. The van der Waals surface area contributed by atoms with Crippen molar-refractivity contribution in [1.29, 1.82) is 0 Å². The minimum atomic E-state index is -0.325. The van der Waals surface area contributed by atoms with Gasteiger partial charge >= 0.3 is 0 Å². The number of hydrogen-bond acceptors (Lipinski definition) is 6. The Kier molecular flexibility index (Phi) is 4.82. The third-order valence-corrected chi connectivity index (χ3v) is 5.49. The fraction of sp³-hybridized carbons (Fsp3) is 0.263. The van der Waals surface area contributed by atoms with Crippen molar-refractivity contribution in [2.75, 3.05) is 19.0 Å². The van der Waals surface area contributed by atoms with Crippen LogP contribution in [0.3, 0.4) is 0 Å². The Morgan fingerprint density at radius 1 is 1.36 bits per heavy atom. The van der Waals surface area contributed by atoms with E-state index in [2.05, 4.69) is 20.7 Å². The predicted octanol–water partition coefficient (Wildman–Crippen LogP) is 2.48. The van der Waals surface area contributed by atoms with Crippen molar-refractivity contribution in [1.82, 2.24) is 20.1 Å². The molecule has 8 nitrogen and oxygen atoms in total. The number of nitrogens with zero attached hydrogens (tertiary/aromatic N) is 3. The van der Waals surface area contributed by atoms with Gasteiger partial charge in [-0.25, -0.2) is 4.98 Å². The highest BCUT2D eigenvalue weighted by Crippen LogP contribution is 2.27. The van der Waals surface area contributed by atoms with E-state index in [0.717, 1.165) is 23.4 Å². The maximum absolute atomic E-state index is 12.7. The highest BCUT2D eigenvalue weighted by atomic mass is 32.1. The van der Waals surface area contributed by atoms with Crippen molar-refractivity contribution in [2.45, 2.75) is 12.8 Å². The van der Waals surface area contributed by atoms with Crippen molar-refractivity contribution < 1.29 is 14.3 Å². The number of aromatic nitrogens is 3. The summed E-state index contributed by atoms with van der Waals surface area (Å²) in [7, 11) is 3.31. The van der Waals surface area contributed by atoms with E-state index in [-0.39, 0.29) is 11.8 Å². The quantitative estimate of drug-likeness (QED) is 0.705. The number of thiazole rings is 1. The molecular formula is C19H19N5O3S. The average Bonchev–Trinajstić information content (AvgIpc) is 3.24. The number of carbonyl (C=O) groups excluding carboxylic acids is 2. The van der Waals surface area contributed by atoms with Crippen molar-refractivity contribution in [2.24, 2.45) is 7.05 Å². The number of nitrogens with one attached hydrogen (secondary N) is 2. The predicted molar refractivity (Wildman–Crippen MR) is 106 cm³/mol. The Morgan fingerprint density at radius 3 is 3.04 bits per heavy atom. The molecule has 3 aromatic rings. The van der Waals surface area contributed by atoms with Crippen LogP contribution >= 0.6 is 11.3 Å². The first kappa shape index (κ1) is 18.2. The zero-order chi connectivity index (χ0) is 19.7. The van der Waals surface area contributed by atoms with E-state index in [1.807, 2.05) is 24.3 Å². The molecule has 144 valence electrons. The van der Waals surface area contributed by atoms with Gasteiger partial charge in [0, 0.05) is 19.2 Å². The van der Waals surface area contributed by atoms with Gasteiger partial charge in [-0.05, 0) is 31.0 Å². The maximum atomic E-state index is 12.7. The molecule has 0 aliphatic carbocycles. The van der Waals surface area contributed by atoms with E-state index < -0.39 is 0 Å². The van der Waals surface area contributed by atoms with Crippen molar-refractivity contribution >= 4 is 28.3 Å². The molecule has 28 heavy (non-hydrogen) atoms. The van der Waals surface area contributed by atoms with Crippen LogP contribution in [0, 0.1) is 0 Å². The van der Waals surface area contributed by atoms with Gasteiger partial charge in [0.15, 0.2) is 5.13 Å². The van der Waals surface area contributed by atoms with E-state index in [0.29, 0.717) is 34.4 Å². The fourth-order valence-corrected chi connectivity index (χ4v) is 3.98. The first-order valence-electron chi connectivity index (χ1n) is 8.83. The number of rotatable bonds is 4. The van der Waals surface area contributed by atoms with Gasteiger partial charge in [0.1, 0.15) is 16.3 Å². The number of methoxy groups -OCH3 is 1. The van der Waals surface area contributed by atoms with Crippen LogP contribution in [-0.4, -0.2) is 40.2 Å². The van der Waals surface area contributed by atoms with E-state index in [4.69, 9.17) is 4.74 Å². The highest BCUT2D eigenvalue weighted by Gasteiger charge is 2.22. The minimum Gasteiger partial charge on any atom is -0.497 e. The third-order valence-electron chi connectivity index (χ3n) is 4.48. The Morgan fingerprint density at radius 2 is 2.21 bits per heavy atom. The summed E-state index contributed by atoms with van der Waals surface area (Å²) in [6.45, 7) is 0.645. The molecule has 0 unspecified atom stereocenters. The lowest BCUT2D eigenvalue weighted by molar-refractivity contribution is 0.0958. The summed E-state index contributed by atoms with van der Waals surface area (Å²) in [5.41, 5.74) is 2.65. The number of aryl methyl sites for hydroxylation is 2. The minimum absolute atomic E-state index is 0.133. The fourth-order valence-electron chi connectivity index (χ4n) is 3.05. The van der Waals surface area contributed by atoms with Gasteiger partial charge in [0.25, 0.3) is 11.8 Å². The van der Waals surface area contributed by atoms with Gasteiger partial charge in [-0.2, -0.15) is 5.10 Å². The smallest absolute Gasteiger partial charge is 0.275 e. The molecule has 4 rings (SSSR count). The van der Waals surface area contributed by atoms with Crippen molar-refractivity contribution in [3.05, 3.63) is 46.6 Å². The van der Waals surface area contributed by atoms with E-state index >= 15 is 0 Å². The van der Waals surface area contributed by atoms with Crippen molar-refractivity contribution in [3.8, 4) is 17.0 Å². The molecule has 1 aliphatic heterocycles. The van der Waals surface area contributed by atoms with Crippen LogP contribution in [0.1, 0.15) is 32.3 Å². The number of hydrogen-bond donors (Lipinski definition) is 2. The van der Waals surface area contributed by atoms with E-state index in [1.54, 1.807) is 20.2 Å². The van der Waals surface area contributed by atoms with E-state index in [9.17, 15) is 9.59 Å². The van der Waals surface area contributed by atoms with Crippen LogP contribution in [0.25, 0.3) is 11.3 Å². The summed E-state index contributed by atoms with van der Waals surface area (Å²) in [6, 6.07) is 9.21. The van der Waals surface area contributed by atoms with Gasteiger partial charge in [0.05, 0.1) is 18.5 Å². The molecule has 9 heteroatoms. The zero-order valence-electron chi connectivity index (χ0n) is 15.5. The van der Waals surface area contributed by atoms with Gasteiger partial charge < -0.3 is 10.1 Å². The zero-order valence-corrected chi connectivity index (χ0v) is 16.3. The van der Waals surface area contributed by atoms with Gasteiger partial charge in [-0.15, -0.1) is 0 Å². The second kappa shape index (κ2) is 7.43. The first-order chi connectivity index (χ1) is 13.5. The Bertz CT molecular complexity index is 1060. The molecule has 0 atom stereocenters. The molecule has 0 bridgehead atoms. The van der Waals surface area contributed by atoms with Crippen LogP contribution in [0.15, 0.2) is 30.3 Å². The molecule has 1 aliphatic rings. The summed E-state index contributed by atoms with van der Waals surface area (Å²) in [5, 5.41) is 10.5. The number of amides is 2. The van der Waals surface area contributed by atoms with Crippen LogP contribution in [0.5, 0.6) is 5.75 Å². The number of carbonyl (C=O) groups is 2. The number of benzene rings is 1. The maximum Gasteiger partial charge on any atom is 0.275 e. The van der Waals surface area contributed by atoms with Gasteiger partial charge in [0.2, 0.25) is 0 Å². The molecule has 1 aromatic carbocycles. The second-order valence-electron chi connectivity index (χ2n) is 6.38. The molecular weight excluding hydrogens is 378 g/mol. The van der Waals surface area contributed by atoms with Crippen LogP contribution in [0.4, 0.5) is 5.13 Å². The summed E-state index contributed by atoms with van der Waals surface area (Å²) in [6.07, 6.45) is 1.55. The summed E-state index contributed by atoms with van der Waals surface area (Å²) >= 11 is 1.19. The van der Waals surface area contributed by atoms with Gasteiger partial charge in [-0.1, -0.05) is 23.5 Å². The lowest BCUT2D eigenvalue weighted by Gasteiger charge is -2.01. The summed E-state index contributed by atoms with van der Waals surface area (Å²) in [4.78, 5) is 29.8. The molecule has 0 saturated heterocycles. The number of ether oxygens (including phenoxy) is 1. The Labute approximate surface area is 165 Å². The van der Waals surface area contributed by atoms with Crippen LogP contribution in [-0.2, 0) is 13.5 Å². The largest absolute Gasteiger partial charge is 0.497 e. The molecule has 0 radical (unpaired) electrons. The molecule has 2 N–H and O–H groups in total. The molecule has 0 fully saturated rings. The standard InChI is InChI=1S/C19H19N5O3S/c1-24-15(10-14(23-24)11-5-3-6-12(9-11)27-2)17(25)22-19-21-13-7-4-8-20-18(26)16(13)28-19/h3,5-6,9-10H,4,7-8H2,1-2H3,(H,20,26)(H,21,22,25). The normalized spacial score (nSPS) is 13.4. The lowest BCUT2D eigenvalue weighted by atomic mass is 10.1. The third kappa shape index (κ3) is 3.48.